The maximum Gasteiger partial charge on any atom is 0.312 e. The molecule has 1 saturated heterocycles. The molecule has 2 aliphatic rings. The van der Waals surface area contributed by atoms with Crippen LogP contribution in [0, 0.1) is 0 Å². The lowest BCUT2D eigenvalue weighted by atomic mass is 9.94. The summed E-state index contributed by atoms with van der Waals surface area (Å²) in [6.45, 7) is 1.11. The van der Waals surface area contributed by atoms with E-state index in [1.807, 2.05) is 0 Å². The van der Waals surface area contributed by atoms with E-state index in [1.165, 1.54) is 37.0 Å². The molecular formula is C10H18NO+. The second kappa shape index (κ2) is 3.56. The Labute approximate surface area is 73.9 Å². The van der Waals surface area contributed by atoms with Gasteiger partial charge in [-0.05, 0) is 25.7 Å². The van der Waals surface area contributed by atoms with E-state index in [4.69, 9.17) is 0 Å². The Hall–Kier alpha value is -0.370. The van der Waals surface area contributed by atoms with Gasteiger partial charge in [0.1, 0.15) is 0 Å². The van der Waals surface area contributed by atoms with Crippen molar-refractivity contribution in [1.82, 2.24) is 0 Å². The molecule has 1 N–H and O–H groups in total. The molecule has 12 heavy (non-hydrogen) atoms. The predicted molar refractivity (Wildman–Crippen MR) is 46.9 cm³/mol. The Morgan fingerprint density at radius 1 is 1.08 bits per heavy atom. The zero-order valence-corrected chi connectivity index (χ0v) is 7.64. The van der Waals surface area contributed by atoms with Crippen molar-refractivity contribution in [1.29, 1.82) is 0 Å². The van der Waals surface area contributed by atoms with Crippen LogP contribution in [0.2, 0.25) is 0 Å². The van der Waals surface area contributed by atoms with Gasteiger partial charge in [-0.1, -0.05) is 6.42 Å². The number of rotatable bonds is 1. The number of hydrogen-bond acceptors (Lipinski definition) is 1. The number of nitrogens with one attached hydrogen (secondary N) is 1. The Balaban J connectivity index is 1.93. The smallest absolute Gasteiger partial charge is 0.269 e. The van der Waals surface area contributed by atoms with Crippen LogP contribution in [-0.2, 0) is 4.79 Å². The zero-order chi connectivity index (χ0) is 8.39. The summed E-state index contributed by atoms with van der Waals surface area (Å²) in [5.74, 6) is 0.488. The summed E-state index contributed by atoms with van der Waals surface area (Å²) in [4.78, 5) is 12.7. The molecule has 0 bridgehead atoms. The molecule has 68 valence electrons. The summed E-state index contributed by atoms with van der Waals surface area (Å²) in [5, 5.41) is 0. The molecule has 0 aromatic carbocycles. The van der Waals surface area contributed by atoms with E-state index in [1.54, 1.807) is 0 Å². The first-order valence-corrected chi connectivity index (χ1v) is 5.27. The van der Waals surface area contributed by atoms with Crippen LogP contribution in [0.4, 0.5) is 0 Å². The van der Waals surface area contributed by atoms with E-state index in [2.05, 4.69) is 0 Å². The highest BCUT2D eigenvalue weighted by atomic mass is 16.2. The molecule has 2 nitrogen and oxygen atoms in total. The lowest BCUT2D eigenvalue weighted by Crippen LogP contribution is -3.16. The van der Waals surface area contributed by atoms with Crippen molar-refractivity contribution < 1.29 is 9.69 Å². The standard InChI is InChI=1S/C10H17NO/c12-10-7-4-8-11(10)9-5-2-1-3-6-9/h9H,1-8H2/p+1. The minimum Gasteiger partial charge on any atom is -0.269 e. The van der Waals surface area contributed by atoms with Gasteiger partial charge in [-0.3, -0.25) is 4.90 Å². The van der Waals surface area contributed by atoms with E-state index in [0.717, 1.165) is 19.4 Å². The maximum absolute atomic E-state index is 11.4. The SMILES string of the molecule is O=C1CCC[NH+]1C1CCCCC1. The molecule has 2 rings (SSSR count). The Morgan fingerprint density at radius 3 is 2.42 bits per heavy atom. The van der Waals surface area contributed by atoms with Gasteiger partial charge < -0.3 is 0 Å². The molecule has 1 saturated carbocycles. The van der Waals surface area contributed by atoms with Crippen LogP contribution in [0.5, 0.6) is 0 Å². The summed E-state index contributed by atoms with van der Waals surface area (Å²) < 4.78 is 0. The van der Waals surface area contributed by atoms with Crippen LogP contribution in [0.15, 0.2) is 0 Å². The van der Waals surface area contributed by atoms with Crippen LogP contribution in [0.25, 0.3) is 0 Å². The Bertz CT molecular complexity index is 173. The summed E-state index contributed by atoms with van der Waals surface area (Å²) in [5.41, 5.74) is 0. The first-order chi connectivity index (χ1) is 5.88. The number of amides is 1. The molecule has 1 aliphatic carbocycles. The molecule has 2 heteroatoms. The fraction of sp³-hybridized carbons (Fsp3) is 0.900. The van der Waals surface area contributed by atoms with Crippen LogP contribution in [0.3, 0.4) is 0 Å². The molecular weight excluding hydrogens is 150 g/mol. The van der Waals surface area contributed by atoms with Gasteiger partial charge in [0.25, 0.3) is 0 Å². The number of quaternary nitrogens is 1. The van der Waals surface area contributed by atoms with Crippen LogP contribution in [0.1, 0.15) is 44.9 Å². The summed E-state index contributed by atoms with van der Waals surface area (Å²) >= 11 is 0. The second-order valence-electron chi connectivity index (χ2n) is 4.14. The summed E-state index contributed by atoms with van der Waals surface area (Å²) in [6.07, 6.45) is 8.64. The van der Waals surface area contributed by atoms with E-state index >= 15 is 0 Å². The highest BCUT2D eigenvalue weighted by Crippen LogP contribution is 2.16. The van der Waals surface area contributed by atoms with Crippen molar-refractivity contribution in [2.24, 2.45) is 0 Å². The van der Waals surface area contributed by atoms with E-state index in [0.29, 0.717) is 11.9 Å². The van der Waals surface area contributed by atoms with Gasteiger partial charge in [0.15, 0.2) is 0 Å². The van der Waals surface area contributed by atoms with Gasteiger partial charge >= 0.3 is 5.91 Å². The lowest BCUT2D eigenvalue weighted by molar-refractivity contribution is -0.841. The number of likely N-dealkylation sites (tertiary alicyclic amines) is 1. The van der Waals surface area contributed by atoms with E-state index < -0.39 is 0 Å². The summed E-state index contributed by atoms with van der Waals surface area (Å²) in [7, 11) is 0. The topological polar surface area (TPSA) is 21.5 Å². The highest BCUT2D eigenvalue weighted by molar-refractivity contribution is 5.68. The normalized spacial score (nSPS) is 32.7. The summed E-state index contributed by atoms with van der Waals surface area (Å²) in [6, 6.07) is 0.689. The third-order valence-electron chi connectivity index (χ3n) is 3.31. The lowest BCUT2D eigenvalue weighted by Gasteiger charge is -2.25. The van der Waals surface area contributed by atoms with E-state index in [-0.39, 0.29) is 0 Å². The van der Waals surface area contributed by atoms with Crippen molar-refractivity contribution in [2.75, 3.05) is 6.54 Å². The van der Waals surface area contributed by atoms with Crippen LogP contribution >= 0.6 is 0 Å². The number of carbonyl (C=O) groups excluding carboxylic acids is 1. The molecule has 0 spiro atoms. The average Bonchev–Trinajstić information content (AvgIpc) is 2.53. The van der Waals surface area contributed by atoms with E-state index in [9.17, 15) is 4.79 Å². The van der Waals surface area contributed by atoms with Crippen molar-refractivity contribution in [3.8, 4) is 0 Å². The number of carbonyl (C=O) groups is 1. The van der Waals surface area contributed by atoms with Gasteiger partial charge in [-0.25, -0.2) is 4.79 Å². The average molecular weight is 168 g/mol. The van der Waals surface area contributed by atoms with Gasteiger partial charge in [0.2, 0.25) is 0 Å². The molecule has 0 radical (unpaired) electrons. The minimum absolute atomic E-state index is 0.488. The molecule has 1 aliphatic heterocycles. The molecule has 1 heterocycles. The van der Waals surface area contributed by atoms with Crippen LogP contribution < -0.4 is 4.90 Å². The van der Waals surface area contributed by atoms with Crippen molar-refractivity contribution in [2.45, 2.75) is 51.0 Å². The first kappa shape index (κ1) is 8.24. The Morgan fingerprint density at radius 2 is 1.83 bits per heavy atom. The fourth-order valence-corrected chi connectivity index (χ4v) is 2.62. The number of hydrogen-bond donors (Lipinski definition) is 1. The molecule has 0 aromatic heterocycles. The molecule has 1 atom stereocenters. The molecule has 1 amide bonds. The van der Waals surface area contributed by atoms with Gasteiger partial charge in [-0.15, -0.1) is 0 Å². The second-order valence-corrected chi connectivity index (χ2v) is 4.14. The van der Waals surface area contributed by atoms with Crippen molar-refractivity contribution in [3.63, 3.8) is 0 Å². The first-order valence-electron chi connectivity index (χ1n) is 5.27. The monoisotopic (exact) mass is 168 g/mol. The molecule has 0 aromatic rings. The fourth-order valence-electron chi connectivity index (χ4n) is 2.62. The van der Waals surface area contributed by atoms with Gasteiger partial charge in [-0.2, -0.15) is 0 Å². The molecule has 2 fully saturated rings. The molecule has 1 unspecified atom stereocenters. The third kappa shape index (κ3) is 1.53. The largest absolute Gasteiger partial charge is 0.312 e. The van der Waals surface area contributed by atoms with Crippen LogP contribution in [-0.4, -0.2) is 18.5 Å². The third-order valence-corrected chi connectivity index (χ3v) is 3.31. The quantitative estimate of drug-likeness (QED) is 0.606. The highest BCUT2D eigenvalue weighted by Gasteiger charge is 2.33. The zero-order valence-electron chi connectivity index (χ0n) is 7.64. The Kier molecular flexibility index (Phi) is 2.45. The van der Waals surface area contributed by atoms with Gasteiger partial charge in [0.05, 0.1) is 19.0 Å². The van der Waals surface area contributed by atoms with Crippen molar-refractivity contribution in [3.05, 3.63) is 0 Å². The predicted octanol–water partition coefficient (Wildman–Crippen LogP) is 0.524. The van der Waals surface area contributed by atoms with Gasteiger partial charge in [0, 0.05) is 6.42 Å². The maximum atomic E-state index is 11.4. The van der Waals surface area contributed by atoms with Crippen molar-refractivity contribution >= 4 is 5.91 Å². The minimum atomic E-state index is 0.488.